The molecule has 1 aromatic carbocycles. The molecule has 1 atom stereocenters. The van der Waals surface area contributed by atoms with Gasteiger partial charge in [0, 0.05) is 12.6 Å². The monoisotopic (exact) mass is 231 g/mol. The largest absolute Gasteiger partial charge is 0.478 e. The number of piperidine rings is 1. The fourth-order valence-corrected chi connectivity index (χ4v) is 2.18. The third kappa shape index (κ3) is 3.43. The molecule has 1 unspecified atom stereocenters. The van der Waals surface area contributed by atoms with Gasteiger partial charge in [-0.1, -0.05) is 24.3 Å². The predicted octanol–water partition coefficient (Wildman–Crippen LogP) is 2.25. The Morgan fingerprint density at radius 3 is 2.71 bits per heavy atom. The normalized spacial score (nSPS) is 20.6. The average molecular weight is 231 g/mol. The van der Waals surface area contributed by atoms with Crippen LogP contribution in [0, 0.1) is 0 Å². The summed E-state index contributed by atoms with van der Waals surface area (Å²) in [5, 5.41) is 11.9. The molecule has 2 N–H and O–H groups in total. The minimum atomic E-state index is -0.912. The van der Waals surface area contributed by atoms with Crippen molar-refractivity contribution < 1.29 is 9.90 Å². The molecule has 0 radical (unpaired) electrons. The maximum absolute atomic E-state index is 10.4. The molecule has 3 heteroatoms. The maximum atomic E-state index is 10.4. The summed E-state index contributed by atoms with van der Waals surface area (Å²) < 4.78 is 0. The molecule has 1 heterocycles. The van der Waals surface area contributed by atoms with Crippen molar-refractivity contribution in [1.29, 1.82) is 0 Å². The van der Waals surface area contributed by atoms with E-state index in [2.05, 4.69) is 17.4 Å². The summed E-state index contributed by atoms with van der Waals surface area (Å²) in [6.45, 7) is 2.17. The van der Waals surface area contributed by atoms with Crippen LogP contribution < -0.4 is 5.32 Å². The van der Waals surface area contributed by atoms with Crippen LogP contribution in [0.1, 0.15) is 29.9 Å². The van der Waals surface area contributed by atoms with Crippen molar-refractivity contribution in [2.45, 2.75) is 18.8 Å². The van der Waals surface area contributed by atoms with Crippen molar-refractivity contribution >= 4 is 12.0 Å². The Bertz CT molecular complexity index is 403. The Hall–Kier alpha value is -1.61. The highest BCUT2D eigenvalue weighted by atomic mass is 16.4. The summed E-state index contributed by atoms with van der Waals surface area (Å²) in [4.78, 5) is 10.4. The molecule has 90 valence electrons. The predicted molar refractivity (Wildman–Crippen MR) is 68.0 cm³/mol. The van der Waals surface area contributed by atoms with Gasteiger partial charge in [0.2, 0.25) is 0 Å². The number of rotatable bonds is 3. The zero-order valence-corrected chi connectivity index (χ0v) is 9.73. The van der Waals surface area contributed by atoms with Crippen LogP contribution in [0.15, 0.2) is 30.3 Å². The Morgan fingerprint density at radius 2 is 2.12 bits per heavy atom. The van der Waals surface area contributed by atoms with E-state index in [9.17, 15) is 4.79 Å². The molecule has 0 spiro atoms. The minimum absolute atomic E-state index is 0.598. The third-order valence-corrected chi connectivity index (χ3v) is 3.12. The molecule has 2 rings (SSSR count). The highest BCUT2D eigenvalue weighted by Gasteiger charge is 2.14. The highest BCUT2D eigenvalue weighted by molar-refractivity contribution is 5.85. The molecule has 0 aliphatic carbocycles. The first-order chi connectivity index (χ1) is 8.25. The molecule has 1 saturated heterocycles. The lowest BCUT2D eigenvalue weighted by Crippen LogP contribution is -2.28. The molecule has 3 nitrogen and oxygen atoms in total. The first-order valence-electron chi connectivity index (χ1n) is 5.97. The third-order valence-electron chi connectivity index (χ3n) is 3.12. The lowest BCUT2D eigenvalue weighted by molar-refractivity contribution is -0.131. The van der Waals surface area contributed by atoms with Gasteiger partial charge in [-0.3, -0.25) is 0 Å². The van der Waals surface area contributed by atoms with E-state index in [1.165, 1.54) is 18.4 Å². The van der Waals surface area contributed by atoms with Crippen molar-refractivity contribution in [3.8, 4) is 0 Å². The van der Waals surface area contributed by atoms with Crippen LogP contribution in [0.4, 0.5) is 0 Å². The van der Waals surface area contributed by atoms with Gasteiger partial charge < -0.3 is 10.4 Å². The van der Waals surface area contributed by atoms with Gasteiger partial charge in [-0.05, 0) is 42.5 Å². The minimum Gasteiger partial charge on any atom is -0.478 e. The van der Waals surface area contributed by atoms with Gasteiger partial charge in [-0.25, -0.2) is 4.79 Å². The molecule has 1 aliphatic rings. The Morgan fingerprint density at radius 1 is 1.35 bits per heavy atom. The van der Waals surface area contributed by atoms with Crippen LogP contribution in [-0.2, 0) is 4.79 Å². The Labute approximate surface area is 101 Å². The van der Waals surface area contributed by atoms with Gasteiger partial charge in [0.25, 0.3) is 0 Å². The van der Waals surface area contributed by atoms with E-state index in [0.29, 0.717) is 5.92 Å². The molecule has 0 bridgehead atoms. The highest BCUT2D eigenvalue weighted by Crippen LogP contribution is 2.23. The lowest BCUT2D eigenvalue weighted by Gasteiger charge is -2.23. The number of benzene rings is 1. The van der Waals surface area contributed by atoms with Gasteiger partial charge >= 0.3 is 5.97 Å². The Kier molecular flexibility index (Phi) is 3.94. The first kappa shape index (κ1) is 11.9. The van der Waals surface area contributed by atoms with Crippen molar-refractivity contribution in [2.75, 3.05) is 13.1 Å². The molecule has 0 amide bonds. The fraction of sp³-hybridized carbons (Fsp3) is 0.357. The number of hydrogen-bond acceptors (Lipinski definition) is 2. The standard InChI is InChI=1S/C14H17NO2/c16-14(17)8-5-11-3-6-12(7-4-11)13-2-1-9-15-10-13/h3-8,13,15H,1-2,9-10H2,(H,16,17)/b8-5+. The molecule has 17 heavy (non-hydrogen) atoms. The molecular formula is C14H17NO2. The average Bonchev–Trinajstić information content (AvgIpc) is 2.38. The second-order valence-electron chi connectivity index (χ2n) is 4.38. The zero-order chi connectivity index (χ0) is 12.1. The quantitative estimate of drug-likeness (QED) is 0.784. The van der Waals surface area contributed by atoms with E-state index < -0.39 is 5.97 Å². The zero-order valence-electron chi connectivity index (χ0n) is 9.73. The van der Waals surface area contributed by atoms with Gasteiger partial charge in [-0.15, -0.1) is 0 Å². The van der Waals surface area contributed by atoms with Crippen LogP contribution >= 0.6 is 0 Å². The maximum Gasteiger partial charge on any atom is 0.328 e. The first-order valence-corrected chi connectivity index (χ1v) is 5.97. The summed E-state index contributed by atoms with van der Waals surface area (Å²) in [6, 6.07) is 8.14. The van der Waals surface area contributed by atoms with Crippen molar-refractivity contribution in [3.63, 3.8) is 0 Å². The molecule has 0 saturated carbocycles. The number of carboxylic acids is 1. The van der Waals surface area contributed by atoms with Gasteiger partial charge in [0.05, 0.1) is 0 Å². The van der Waals surface area contributed by atoms with E-state index in [1.807, 2.05) is 12.1 Å². The summed E-state index contributed by atoms with van der Waals surface area (Å²) >= 11 is 0. The van der Waals surface area contributed by atoms with Gasteiger partial charge in [-0.2, -0.15) is 0 Å². The number of carboxylic acid groups (broad SMARTS) is 1. The number of nitrogens with one attached hydrogen (secondary N) is 1. The van der Waals surface area contributed by atoms with E-state index >= 15 is 0 Å². The van der Waals surface area contributed by atoms with E-state index in [0.717, 1.165) is 24.7 Å². The van der Waals surface area contributed by atoms with Crippen LogP contribution in [0.25, 0.3) is 6.08 Å². The molecule has 1 aliphatic heterocycles. The summed E-state index contributed by atoms with van der Waals surface area (Å²) in [5.74, 6) is -0.313. The van der Waals surface area contributed by atoms with Crippen molar-refractivity contribution in [1.82, 2.24) is 5.32 Å². The summed E-state index contributed by atoms with van der Waals surface area (Å²) in [6.07, 6.45) is 5.24. The van der Waals surface area contributed by atoms with Crippen LogP contribution in [-0.4, -0.2) is 24.2 Å². The molecular weight excluding hydrogens is 214 g/mol. The smallest absolute Gasteiger partial charge is 0.328 e. The van der Waals surface area contributed by atoms with Crippen molar-refractivity contribution in [2.24, 2.45) is 0 Å². The SMILES string of the molecule is O=C(O)/C=C/c1ccc(C2CCCNC2)cc1. The van der Waals surface area contributed by atoms with Crippen molar-refractivity contribution in [3.05, 3.63) is 41.5 Å². The van der Waals surface area contributed by atoms with E-state index in [1.54, 1.807) is 6.08 Å². The van der Waals surface area contributed by atoms with Gasteiger partial charge in [0.1, 0.15) is 0 Å². The Balaban J connectivity index is 2.04. The number of aliphatic carboxylic acids is 1. The molecule has 1 aromatic rings. The molecule has 1 fully saturated rings. The topological polar surface area (TPSA) is 49.3 Å². The van der Waals surface area contributed by atoms with Crippen LogP contribution in [0.2, 0.25) is 0 Å². The van der Waals surface area contributed by atoms with Crippen LogP contribution in [0.5, 0.6) is 0 Å². The van der Waals surface area contributed by atoms with E-state index in [4.69, 9.17) is 5.11 Å². The van der Waals surface area contributed by atoms with Gasteiger partial charge in [0.15, 0.2) is 0 Å². The lowest BCUT2D eigenvalue weighted by atomic mass is 9.91. The second-order valence-corrected chi connectivity index (χ2v) is 4.38. The summed E-state index contributed by atoms with van der Waals surface area (Å²) in [7, 11) is 0. The number of hydrogen-bond donors (Lipinski definition) is 2. The van der Waals surface area contributed by atoms with E-state index in [-0.39, 0.29) is 0 Å². The molecule has 0 aromatic heterocycles. The number of carbonyl (C=O) groups is 1. The fourth-order valence-electron chi connectivity index (χ4n) is 2.18. The summed E-state index contributed by atoms with van der Waals surface area (Å²) in [5.41, 5.74) is 2.27. The van der Waals surface area contributed by atoms with Crippen LogP contribution in [0.3, 0.4) is 0 Å². The second kappa shape index (κ2) is 5.64.